The summed E-state index contributed by atoms with van der Waals surface area (Å²) in [4.78, 5) is 24.7. The van der Waals surface area contributed by atoms with Crippen LogP contribution in [0.1, 0.15) is 37.5 Å². The molecule has 2 aromatic carbocycles. The number of aryl methyl sites for hydroxylation is 1. The summed E-state index contributed by atoms with van der Waals surface area (Å²) in [5, 5.41) is 7.04. The number of carbonyl (C=O) groups excluding carboxylic acids is 1. The van der Waals surface area contributed by atoms with Crippen molar-refractivity contribution in [3.63, 3.8) is 0 Å². The number of hydrogen-bond acceptors (Lipinski definition) is 6. The Bertz CT molecular complexity index is 1150. The fraction of sp³-hybridized carbons (Fsp3) is 0.250. The topological polar surface area (TPSA) is 106 Å². The van der Waals surface area contributed by atoms with E-state index in [9.17, 15) is 4.79 Å². The number of benzene rings is 2. The Morgan fingerprint density at radius 3 is 2.62 bits per heavy atom. The van der Waals surface area contributed by atoms with Gasteiger partial charge in [0, 0.05) is 18.4 Å². The molecule has 1 unspecified atom stereocenters. The predicted molar refractivity (Wildman–Crippen MR) is 120 cm³/mol. The number of carbonyl (C=O) groups is 1. The molecule has 0 saturated heterocycles. The van der Waals surface area contributed by atoms with E-state index in [1.54, 1.807) is 13.3 Å². The lowest BCUT2D eigenvalue weighted by molar-refractivity contribution is -0.122. The number of imidazole rings is 1. The van der Waals surface area contributed by atoms with Crippen molar-refractivity contribution in [3.05, 3.63) is 72.5 Å². The number of methoxy groups -OCH3 is 1. The molecule has 8 heteroatoms. The summed E-state index contributed by atoms with van der Waals surface area (Å²) in [6.45, 7) is 2.01. The molecule has 0 aliphatic heterocycles. The monoisotopic (exact) mass is 431 g/mol. The Balaban J connectivity index is 1.33. The van der Waals surface area contributed by atoms with Crippen molar-refractivity contribution in [1.82, 2.24) is 25.4 Å². The van der Waals surface area contributed by atoms with Crippen LogP contribution in [0.5, 0.6) is 5.75 Å². The van der Waals surface area contributed by atoms with Crippen LogP contribution in [0.25, 0.3) is 22.6 Å². The van der Waals surface area contributed by atoms with Gasteiger partial charge in [-0.05, 0) is 36.2 Å². The minimum absolute atomic E-state index is 0.0984. The number of amides is 1. The van der Waals surface area contributed by atoms with E-state index in [1.807, 2.05) is 61.5 Å². The van der Waals surface area contributed by atoms with E-state index >= 15 is 0 Å². The second-order valence-electron chi connectivity index (χ2n) is 7.32. The SMILES string of the molecule is CCC(NC(=O)CCc1nc(-c2ccc(OC)cc2)no1)c1ncc(-c2ccccc2)[nH]1. The van der Waals surface area contributed by atoms with Crippen LogP contribution in [0.15, 0.2) is 65.3 Å². The Kier molecular flexibility index (Phi) is 6.60. The molecule has 0 spiro atoms. The molecule has 4 aromatic rings. The zero-order valence-electron chi connectivity index (χ0n) is 18.0. The number of rotatable bonds is 9. The van der Waals surface area contributed by atoms with Crippen molar-refractivity contribution in [2.75, 3.05) is 7.11 Å². The first kappa shape index (κ1) is 21.3. The molecule has 8 nitrogen and oxygen atoms in total. The molecule has 32 heavy (non-hydrogen) atoms. The van der Waals surface area contributed by atoms with Gasteiger partial charge in [-0.2, -0.15) is 4.98 Å². The number of aromatic amines is 1. The van der Waals surface area contributed by atoms with Gasteiger partial charge in [0.15, 0.2) is 0 Å². The maximum Gasteiger partial charge on any atom is 0.227 e. The van der Waals surface area contributed by atoms with Crippen molar-refractivity contribution in [2.45, 2.75) is 32.2 Å². The molecule has 0 bridgehead atoms. The van der Waals surface area contributed by atoms with Crippen molar-refractivity contribution in [3.8, 4) is 28.4 Å². The van der Waals surface area contributed by atoms with E-state index in [4.69, 9.17) is 9.26 Å². The van der Waals surface area contributed by atoms with Gasteiger partial charge < -0.3 is 19.6 Å². The van der Waals surface area contributed by atoms with Crippen LogP contribution in [0.2, 0.25) is 0 Å². The Hall–Kier alpha value is -3.94. The van der Waals surface area contributed by atoms with Crippen LogP contribution in [0.4, 0.5) is 0 Å². The quantitative estimate of drug-likeness (QED) is 0.408. The first-order valence-corrected chi connectivity index (χ1v) is 10.5. The molecule has 2 aromatic heterocycles. The van der Waals surface area contributed by atoms with Crippen molar-refractivity contribution in [2.24, 2.45) is 0 Å². The van der Waals surface area contributed by atoms with Gasteiger partial charge in [0.05, 0.1) is 25.0 Å². The highest BCUT2D eigenvalue weighted by molar-refractivity contribution is 5.76. The normalized spacial score (nSPS) is 11.8. The molecular weight excluding hydrogens is 406 g/mol. The van der Waals surface area contributed by atoms with E-state index in [0.29, 0.717) is 18.1 Å². The van der Waals surface area contributed by atoms with Gasteiger partial charge in [0.25, 0.3) is 0 Å². The van der Waals surface area contributed by atoms with Crippen molar-refractivity contribution < 1.29 is 14.1 Å². The second kappa shape index (κ2) is 9.91. The summed E-state index contributed by atoms with van der Waals surface area (Å²) < 4.78 is 10.5. The molecule has 2 N–H and O–H groups in total. The Labute approximate surface area is 186 Å². The molecule has 4 rings (SSSR count). The fourth-order valence-corrected chi connectivity index (χ4v) is 3.34. The van der Waals surface area contributed by atoms with E-state index in [0.717, 1.165) is 34.8 Å². The van der Waals surface area contributed by atoms with E-state index in [1.165, 1.54) is 0 Å². The molecule has 0 saturated carbocycles. The predicted octanol–water partition coefficient (Wildman–Crippen LogP) is 4.34. The molecular formula is C24H25N5O3. The minimum atomic E-state index is -0.197. The Morgan fingerprint density at radius 1 is 1.12 bits per heavy atom. The maximum absolute atomic E-state index is 12.5. The number of aromatic nitrogens is 4. The van der Waals surface area contributed by atoms with Gasteiger partial charge in [0.1, 0.15) is 11.6 Å². The highest BCUT2D eigenvalue weighted by Crippen LogP contribution is 2.22. The summed E-state index contributed by atoms with van der Waals surface area (Å²) in [6.07, 6.45) is 3.11. The van der Waals surface area contributed by atoms with Gasteiger partial charge in [-0.3, -0.25) is 4.79 Å². The van der Waals surface area contributed by atoms with Gasteiger partial charge in [-0.15, -0.1) is 0 Å². The highest BCUT2D eigenvalue weighted by atomic mass is 16.5. The zero-order chi connectivity index (χ0) is 22.3. The number of ether oxygens (including phenoxy) is 1. The third-order valence-electron chi connectivity index (χ3n) is 5.14. The number of nitrogens with one attached hydrogen (secondary N) is 2. The summed E-state index contributed by atoms with van der Waals surface area (Å²) in [5.41, 5.74) is 2.80. The molecule has 164 valence electrons. The summed E-state index contributed by atoms with van der Waals surface area (Å²) in [5.74, 6) is 2.30. The third-order valence-corrected chi connectivity index (χ3v) is 5.14. The average Bonchev–Trinajstić information content (AvgIpc) is 3.52. The lowest BCUT2D eigenvalue weighted by Gasteiger charge is -2.14. The third kappa shape index (κ3) is 5.03. The van der Waals surface area contributed by atoms with Crippen molar-refractivity contribution >= 4 is 5.91 Å². The summed E-state index contributed by atoms with van der Waals surface area (Å²) in [7, 11) is 1.61. The van der Waals surface area contributed by atoms with Crippen molar-refractivity contribution in [1.29, 1.82) is 0 Å². The van der Waals surface area contributed by atoms with Crippen LogP contribution in [0, 0.1) is 0 Å². The second-order valence-corrected chi connectivity index (χ2v) is 7.32. The van der Waals surface area contributed by atoms with Crippen LogP contribution in [-0.4, -0.2) is 33.1 Å². The number of nitrogens with zero attached hydrogens (tertiary/aromatic N) is 3. The molecule has 0 fully saturated rings. The smallest absolute Gasteiger partial charge is 0.227 e. The van der Waals surface area contributed by atoms with Crippen LogP contribution in [-0.2, 0) is 11.2 Å². The summed E-state index contributed by atoms with van der Waals surface area (Å²) in [6, 6.07) is 17.2. The van der Waals surface area contributed by atoms with E-state index in [2.05, 4.69) is 25.4 Å². The zero-order valence-corrected chi connectivity index (χ0v) is 18.0. The number of hydrogen-bond donors (Lipinski definition) is 2. The maximum atomic E-state index is 12.5. The summed E-state index contributed by atoms with van der Waals surface area (Å²) >= 11 is 0. The van der Waals surface area contributed by atoms with Gasteiger partial charge in [0.2, 0.25) is 17.6 Å². The number of H-pyrrole nitrogens is 1. The first-order valence-electron chi connectivity index (χ1n) is 10.5. The Morgan fingerprint density at radius 2 is 1.91 bits per heavy atom. The van der Waals surface area contributed by atoms with Gasteiger partial charge in [-0.25, -0.2) is 4.98 Å². The van der Waals surface area contributed by atoms with E-state index < -0.39 is 0 Å². The lowest BCUT2D eigenvalue weighted by atomic mass is 10.2. The first-order chi connectivity index (χ1) is 15.7. The van der Waals surface area contributed by atoms with Crippen LogP contribution in [0.3, 0.4) is 0 Å². The lowest BCUT2D eigenvalue weighted by Crippen LogP contribution is -2.29. The van der Waals surface area contributed by atoms with E-state index in [-0.39, 0.29) is 18.4 Å². The minimum Gasteiger partial charge on any atom is -0.497 e. The molecule has 2 heterocycles. The average molecular weight is 431 g/mol. The molecule has 0 aliphatic rings. The molecule has 0 radical (unpaired) electrons. The van der Waals surface area contributed by atoms with Gasteiger partial charge >= 0.3 is 0 Å². The van der Waals surface area contributed by atoms with Gasteiger partial charge in [-0.1, -0.05) is 42.4 Å². The molecule has 1 atom stereocenters. The largest absolute Gasteiger partial charge is 0.497 e. The standard InChI is InChI=1S/C24H25N5O3/c1-3-19(24-25-15-20(27-24)16-7-5-4-6-8-16)26-21(30)13-14-22-28-23(29-32-22)17-9-11-18(31-2)12-10-17/h4-12,15,19H,3,13-14H2,1-2H3,(H,25,27)(H,26,30). The highest BCUT2D eigenvalue weighted by Gasteiger charge is 2.17. The molecule has 1 amide bonds. The molecule has 0 aliphatic carbocycles. The fourth-order valence-electron chi connectivity index (χ4n) is 3.34. The van der Waals surface area contributed by atoms with Crippen LogP contribution >= 0.6 is 0 Å². The van der Waals surface area contributed by atoms with Crippen LogP contribution < -0.4 is 10.1 Å².